The number of hydrogen-bond acceptors (Lipinski definition) is 4. The summed E-state index contributed by atoms with van der Waals surface area (Å²) in [6.45, 7) is 5.34. The van der Waals surface area contributed by atoms with E-state index in [1.54, 1.807) is 6.07 Å². The Bertz CT molecular complexity index is 435. The standard InChI is InChI=1S/C16H25NO3/c1-4-17(13-8-6-5-7-9-13)12(2)14-10-11-15(20-14)16(18)19-3/h10-13H,4-9H2,1-3H3. The monoisotopic (exact) mass is 279 g/mol. The molecule has 1 unspecified atom stereocenters. The second-order valence-electron chi connectivity index (χ2n) is 5.49. The minimum Gasteiger partial charge on any atom is -0.463 e. The molecule has 0 aromatic carbocycles. The zero-order valence-corrected chi connectivity index (χ0v) is 12.7. The summed E-state index contributed by atoms with van der Waals surface area (Å²) < 4.78 is 10.3. The Kier molecular flexibility index (Phi) is 5.24. The van der Waals surface area contributed by atoms with Gasteiger partial charge in [-0.2, -0.15) is 0 Å². The minimum absolute atomic E-state index is 0.196. The first-order chi connectivity index (χ1) is 9.67. The largest absolute Gasteiger partial charge is 0.463 e. The van der Waals surface area contributed by atoms with Crippen LogP contribution in [0.15, 0.2) is 16.5 Å². The highest BCUT2D eigenvalue weighted by atomic mass is 16.5. The number of methoxy groups -OCH3 is 1. The van der Waals surface area contributed by atoms with Gasteiger partial charge in [0, 0.05) is 6.04 Å². The van der Waals surface area contributed by atoms with Gasteiger partial charge < -0.3 is 9.15 Å². The molecule has 4 nitrogen and oxygen atoms in total. The van der Waals surface area contributed by atoms with Gasteiger partial charge in [-0.25, -0.2) is 4.79 Å². The van der Waals surface area contributed by atoms with E-state index < -0.39 is 5.97 Å². The summed E-state index contributed by atoms with van der Waals surface area (Å²) >= 11 is 0. The predicted molar refractivity (Wildman–Crippen MR) is 77.7 cm³/mol. The summed E-state index contributed by atoms with van der Waals surface area (Å²) in [6, 6.07) is 4.42. The molecule has 0 spiro atoms. The quantitative estimate of drug-likeness (QED) is 0.769. The van der Waals surface area contributed by atoms with Crippen LogP contribution in [-0.4, -0.2) is 30.6 Å². The van der Waals surface area contributed by atoms with Crippen LogP contribution in [0.1, 0.15) is 68.3 Å². The number of carbonyl (C=O) groups is 1. The second kappa shape index (κ2) is 6.93. The van der Waals surface area contributed by atoms with E-state index >= 15 is 0 Å². The molecule has 1 atom stereocenters. The SMILES string of the molecule is CCN(C1CCCCC1)C(C)c1ccc(C(=O)OC)o1. The van der Waals surface area contributed by atoms with E-state index in [4.69, 9.17) is 4.42 Å². The van der Waals surface area contributed by atoms with Crippen LogP contribution < -0.4 is 0 Å². The van der Waals surface area contributed by atoms with Gasteiger partial charge in [-0.05, 0) is 38.4 Å². The fraction of sp³-hybridized carbons (Fsp3) is 0.688. The average Bonchev–Trinajstić information content (AvgIpc) is 2.98. The third-order valence-corrected chi connectivity index (χ3v) is 4.33. The lowest BCUT2D eigenvalue weighted by Gasteiger charge is -2.37. The van der Waals surface area contributed by atoms with E-state index in [0.717, 1.165) is 12.3 Å². The molecule has 1 heterocycles. The van der Waals surface area contributed by atoms with Crippen molar-refractivity contribution in [2.24, 2.45) is 0 Å². The van der Waals surface area contributed by atoms with Crippen LogP contribution >= 0.6 is 0 Å². The van der Waals surface area contributed by atoms with E-state index in [-0.39, 0.29) is 11.8 Å². The summed E-state index contributed by atoms with van der Waals surface area (Å²) in [6.07, 6.45) is 6.53. The van der Waals surface area contributed by atoms with Gasteiger partial charge in [0.2, 0.25) is 5.76 Å². The van der Waals surface area contributed by atoms with Crippen LogP contribution in [0, 0.1) is 0 Å². The highest BCUT2D eigenvalue weighted by Gasteiger charge is 2.27. The summed E-state index contributed by atoms with van der Waals surface area (Å²) in [4.78, 5) is 13.9. The van der Waals surface area contributed by atoms with E-state index in [1.165, 1.54) is 39.2 Å². The topological polar surface area (TPSA) is 42.7 Å². The lowest BCUT2D eigenvalue weighted by atomic mass is 9.93. The summed E-state index contributed by atoms with van der Waals surface area (Å²) in [5.41, 5.74) is 0. The highest BCUT2D eigenvalue weighted by molar-refractivity contribution is 5.86. The van der Waals surface area contributed by atoms with Gasteiger partial charge >= 0.3 is 5.97 Å². The van der Waals surface area contributed by atoms with Crippen molar-refractivity contribution in [3.63, 3.8) is 0 Å². The molecule has 0 N–H and O–H groups in total. The Morgan fingerprint density at radius 2 is 2.10 bits per heavy atom. The minimum atomic E-state index is -0.413. The molecule has 1 aliphatic rings. The van der Waals surface area contributed by atoms with Gasteiger partial charge in [0.05, 0.1) is 13.2 Å². The van der Waals surface area contributed by atoms with Crippen molar-refractivity contribution in [1.29, 1.82) is 0 Å². The van der Waals surface area contributed by atoms with Crippen molar-refractivity contribution < 1.29 is 13.9 Å². The number of hydrogen-bond donors (Lipinski definition) is 0. The Balaban J connectivity index is 2.09. The highest BCUT2D eigenvalue weighted by Crippen LogP contribution is 2.30. The molecule has 112 valence electrons. The molecule has 1 aromatic rings. The summed E-state index contributed by atoms with van der Waals surface area (Å²) in [7, 11) is 1.37. The molecule has 1 aromatic heterocycles. The predicted octanol–water partition coefficient (Wildman–Crippen LogP) is 3.78. The van der Waals surface area contributed by atoms with Gasteiger partial charge in [-0.15, -0.1) is 0 Å². The average molecular weight is 279 g/mol. The van der Waals surface area contributed by atoms with Crippen molar-refractivity contribution >= 4 is 5.97 Å². The van der Waals surface area contributed by atoms with Crippen molar-refractivity contribution in [3.05, 3.63) is 23.7 Å². The molecule has 2 rings (SSSR count). The maximum atomic E-state index is 11.5. The van der Waals surface area contributed by atoms with E-state index in [1.807, 2.05) is 6.07 Å². The van der Waals surface area contributed by atoms with Gasteiger partial charge in [0.15, 0.2) is 0 Å². The Morgan fingerprint density at radius 3 is 2.70 bits per heavy atom. The molecular weight excluding hydrogens is 254 g/mol. The maximum Gasteiger partial charge on any atom is 0.373 e. The molecule has 0 aliphatic heterocycles. The van der Waals surface area contributed by atoms with Gasteiger partial charge in [-0.1, -0.05) is 26.2 Å². The lowest BCUT2D eigenvalue weighted by Crippen LogP contribution is -2.38. The lowest BCUT2D eigenvalue weighted by molar-refractivity contribution is 0.0553. The Labute approximate surface area is 121 Å². The van der Waals surface area contributed by atoms with Crippen molar-refractivity contribution in [1.82, 2.24) is 4.90 Å². The molecule has 20 heavy (non-hydrogen) atoms. The number of ether oxygens (including phenoxy) is 1. The first-order valence-electron chi connectivity index (χ1n) is 7.61. The zero-order valence-electron chi connectivity index (χ0n) is 12.7. The number of furan rings is 1. The number of carbonyl (C=O) groups excluding carboxylic acids is 1. The molecule has 0 bridgehead atoms. The normalized spacial score (nSPS) is 18.2. The van der Waals surface area contributed by atoms with Crippen LogP contribution in [0.3, 0.4) is 0 Å². The fourth-order valence-electron chi connectivity index (χ4n) is 3.21. The van der Waals surface area contributed by atoms with Crippen LogP contribution in [0.5, 0.6) is 0 Å². The van der Waals surface area contributed by atoms with Crippen LogP contribution in [0.4, 0.5) is 0 Å². The van der Waals surface area contributed by atoms with Gasteiger partial charge in [-0.3, -0.25) is 4.90 Å². The summed E-state index contributed by atoms with van der Waals surface area (Å²) in [5.74, 6) is 0.719. The fourth-order valence-corrected chi connectivity index (χ4v) is 3.21. The first-order valence-corrected chi connectivity index (χ1v) is 7.61. The van der Waals surface area contributed by atoms with Crippen molar-refractivity contribution in [2.75, 3.05) is 13.7 Å². The molecule has 0 radical (unpaired) electrons. The molecule has 0 amide bonds. The molecule has 1 saturated carbocycles. The van der Waals surface area contributed by atoms with E-state index in [2.05, 4.69) is 23.5 Å². The van der Waals surface area contributed by atoms with Crippen LogP contribution in [-0.2, 0) is 4.74 Å². The Hall–Kier alpha value is -1.29. The molecule has 4 heteroatoms. The van der Waals surface area contributed by atoms with Crippen LogP contribution in [0.2, 0.25) is 0 Å². The molecule has 0 saturated heterocycles. The van der Waals surface area contributed by atoms with Crippen molar-refractivity contribution in [3.8, 4) is 0 Å². The number of rotatable bonds is 5. The smallest absolute Gasteiger partial charge is 0.373 e. The maximum absolute atomic E-state index is 11.5. The molecular formula is C16H25NO3. The molecule has 1 aliphatic carbocycles. The number of nitrogens with zero attached hydrogens (tertiary/aromatic N) is 1. The summed E-state index contributed by atoms with van der Waals surface area (Å²) in [5, 5.41) is 0. The molecule has 1 fully saturated rings. The van der Waals surface area contributed by atoms with Gasteiger partial charge in [0.25, 0.3) is 0 Å². The first kappa shape index (κ1) is 15.1. The van der Waals surface area contributed by atoms with Gasteiger partial charge in [0.1, 0.15) is 5.76 Å². The van der Waals surface area contributed by atoms with Crippen LogP contribution in [0.25, 0.3) is 0 Å². The third kappa shape index (κ3) is 3.23. The number of esters is 1. The van der Waals surface area contributed by atoms with Crippen molar-refractivity contribution in [2.45, 2.75) is 58.0 Å². The zero-order chi connectivity index (χ0) is 14.5. The van der Waals surface area contributed by atoms with E-state index in [9.17, 15) is 4.79 Å². The second-order valence-corrected chi connectivity index (χ2v) is 5.49. The van der Waals surface area contributed by atoms with E-state index in [0.29, 0.717) is 6.04 Å². The Morgan fingerprint density at radius 1 is 1.40 bits per heavy atom. The third-order valence-electron chi connectivity index (χ3n) is 4.33.